The van der Waals surface area contributed by atoms with Crippen molar-refractivity contribution >= 4 is 0 Å². The van der Waals surface area contributed by atoms with Gasteiger partial charge < -0.3 is 15.8 Å². The summed E-state index contributed by atoms with van der Waals surface area (Å²) in [5.41, 5.74) is 6.54. The van der Waals surface area contributed by atoms with Crippen molar-refractivity contribution in [2.75, 3.05) is 13.1 Å². The Morgan fingerprint density at radius 2 is 2.00 bits per heavy atom. The maximum Gasteiger partial charge on any atom is 0.179 e. The van der Waals surface area contributed by atoms with E-state index in [0.29, 0.717) is 12.5 Å². The molecule has 1 aromatic carbocycles. The third kappa shape index (κ3) is 5.41. The Balaban J connectivity index is 2.11. The molecular formula is C13H20N2O. The third-order valence-corrected chi connectivity index (χ3v) is 2.21. The molecule has 0 aliphatic rings. The Bertz CT molecular complexity index is 298. The fourth-order valence-corrected chi connectivity index (χ4v) is 1.29. The molecule has 3 heteroatoms. The Morgan fingerprint density at radius 1 is 1.25 bits per heavy atom. The number of hydrogen-bond donors (Lipinski definition) is 2. The summed E-state index contributed by atoms with van der Waals surface area (Å²) in [6.45, 7) is 5.96. The molecule has 0 spiro atoms. The van der Waals surface area contributed by atoms with Crippen molar-refractivity contribution in [3.63, 3.8) is 0 Å². The zero-order valence-electron chi connectivity index (χ0n) is 9.61. The van der Waals surface area contributed by atoms with Gasteiger partial charge in [0.15, 0.2) is 5.88 Å². The van der Waals surface area contributed by atoms with Crippen LogP contribution in [0, 0.1) is 0 Å². The molecule has 88 valence electrons. The number of benzene rings is 1. The topological polar surface area (TPSA) is 47.3 Å². The van der Waals surface area contributed by atoms with Crippen LogP contribution in [0.25, 0.3) is 0 Å². The SMILES string of the molecule is C=C(NCCCCN)OCc1ccccc1. The van der Waals surface area contributed by atoms with Crippen molar-refractivity contribution in [3.05, 3.63) is 48.4 Å². The lowest BCUT2D eigenvalue weighted by Crippen LogP contribution is -2.17. The Morgan fingerprint density at radius 3 is 2.69 bits per heavy atom. The van der Waals surface area contributed by atoms with Gasteiger partial charge in [-0.3, -0.25) is 0 Å². The van der Waals surface area contributed by atoms with Gasteiger partial charge in [-0.25, -0.2) is 0 Å². The molecule has 0 saturated heterocycles. The van der Waals surface area contributed by atoms with Gasteiger partial charge >= 0.3 is 0 Å². The van der Waals surface area contributed by atoms with Crippen molar-refractivity contribution in [1.82, 2.24) is 5.32 Å². The lowest BCUT2D eigenvalue weighted by atomic mass is 10.2. The highest BCUT2D eigenvalue weighted by Gasteiger charge is 1.95. The fraction of sp³-hybridized carbons (Fsp3) is 0.385. The first-order chi connectivity index (χ1) is 7.83. The Hall–Kier alpha value is -1.48. The largest absolute Gasteiger partial charge is 0.475 e. The standard InChI is InChI=1S/C13H20N2O/c1-12(15-10-6-5-9-14)16-11-13-7-3-2-4-8-13/h2-4,7-8,15H,1,5-6,9-11,14H2. The molecule has 0 radical (unpaired) electrons. The van der Waals surface area contributed by atoms with E-state index in [-0.39, 0.29) is 0 Å². The monoisotopic (exact) mass is 220 g/mol. The lowest BCUT2D eigenvalue weighted by molar-refractivity contribution is 0.179. The maximum atomic E-state index is 5.47. The van der Waals surface area contributed by atoms with Crippen LogP contribution in [0.2, 0.25) is 0 Å². The predicted molar refractivity (Wildman–Crippen MR) is 66.7 cm³/mol. The summed E-state index contributed by atoms with van der Waals surface area (Å²) in [4.78, 5) is 0. The molecule has 1 aromatic rings. The van der Waals surface area contributed by atoms with E-state index >= 15 is 0 Å². The molecule has 3 N–H and O–H groups in total. The van der Waals surface area contributed by atoms with Crippen LogP contribution in [0.15, 0.2) is 42.8 Å². The summed E-state index contributed by atoms with van der Waals surface area (Å²) in [6.07, 6.45) is 2.07. The first-order valence-corrected chi connectivity index (χ1v) is 5.62. The molecule has 0 unspecified atom stereocenters. The second-order valence-corrected chi connectivity index (χ2v) is 3.62. The average molecular weight is 220 g/mol. The molecule has 16 heavy (non-hydrogen) atoms. The van der Waals surface area contributed by atoms with E-state index in [2.05, 4.69) is 11.9 Å². The van der Waals surface area contributed by atoms with Crippen LogP contribution in [0.5, 0.6) is 0 Å². The molecule has 0 aliphatic carbocycles. The highest BCUT2D eigenvalue weighted by Crippen LogP contribution is 2.02. The average Bonchev–Trinajstić information content (AvgIpc) is 2.33. The molecular weight excluding hydrogens is 200 g/mol. The van der Waals surface area contributed by atoms with Crippen LogP contribution < -0.4 is 11.1 Å². The van der Waals surface area contributed by atoms with E-state index in [1.807, 2.05) is 30.3 Å². The first kappa shape index (κ1) is 12.6. The number of nitrogens with two attached hydrogens (primary N) is 1. The van der Waals surface area contributed by atoms with E-state index in [1.54, 1.807) is 0 Å². The molecule has 0 heterocycles. The number of rotatable bonds is 8. The van der Waals surface area contributed by atoms with Gasteiger partial charge in [0.1, 0.15) is 6.61 Å². The van der Waals surface area contributed by atoms with E-state index in [9.17, 15) is 0 Å². The molecule has 0 amide bonds. The second kappa shape index (κ2) is 7.77. The summed E-state index contributed by atoms with van der Waals surface area (Å²) < 4.78 is 5.47. The van der Waals surface area contributed by atoms with Crippen LogP contribution in [0.3, 0.4) is 0 Å². The van der Waals surface area contributed by atoms with Gasteiger partial charge in [-0.2, -0.15) is 0 Å². The van der Waals surface area contributed by atoms with Gasteiger partial charge in [-0.05, 0) is 31.5 Å². The van der Waals surface area contributed by atoms with Crippen molar-refractivity contribution in [3.8, 4) is 0 Å². The molecule has 1 rings (SSSR count). The highest BCUT2D eigenvalue weighted by molar-refractivity contribution is 5.13. The Labute approximate surface area is 97.3 Å². The van der Waals surface area contributed by atoms with Crippen LogP contribution in [-0.2, 0) is 11.3 Å². The van der Waals surface area contributed by atoms with E-state index in [1.165, 1.54) is 0 Å². The van der Waals surface area contributed by atoms with Crippen LogP contribution in [0.4, 0.5) is 0 Å². The van der Waals surface area contributed by atoms with Crippen molar-refractivity contribution in [1.29, 1.82) is 0 Å². The number of hydrogen-bond acceptors (Lipinski definition) is 3. The van der Waals surface area contributed by atoms with E-state index in [4.69, 9.17) is 10.5 Å². The van der Waals surface area contributed by atoms with Crippen molar-refractivity contribution in [2.24, 2.45) is 5.73 Å². The van der Waals surface area contributed by atoms with Crippen molar-refractivity contribution < 1.29 is 4.74 Å². The summed E-state index contributed by atoms with van der Waals surface area (Å²) in [7, 11) is 0. The van der Waals surface area contributed by atoms with E-state index < -0.39 is 0 Å². The van der Waals surface area contributed by atoms with Crippen LogP contribution in [0.1, 0.15) is 18.4 Å². The van der Waals surface area contributed by atoms with Gasteiger partial charge in [0, 0.05) is 6.54 Å². The smallest absolute Gasteiger partial charge is 0.179 e. The number of unbranched alkanes of at least 4 members (excludes halogenated alkanes) is 1. The second-order valence-electron chi connectivity index (χ2n) is 3.62. The zero-order chi connectivity index (χ0) is 11.6. The Kier molecular flexibility index (Phi) is 6.11. The number of ether oxygens (including phenoxy) is 1. The molecule has 0 aromatic heterocycles. The quantitative estimate of drug-likeness (QED) is 0.520. The zero-order valence-corrected chi connectivity index (χ0v) is 9.61. The molecule has 0 aliphatic heterocycles. The fourth-order valence-electron chi connectivity index (χ4n) is 1.29. The van der Waals surface area contributed by atoms with Gasteiger partial charge in [-0.15, -0.1) is 0 Å². The van der Waals surface area contributed by atoms with E-state index in [0.717, 1.165) is 31.5 Å². The maximum absolute atomic E-state index is 5.47. The molecule has 0 fully saturated rings. The van der Waals surface area contributed by atoms with Crippen LogP contribution >= 0.6 is 0 Å². The third-order valence-electron chi connectivity index (χ3n) is 2.21. The van der Waals surface area contributed by atoms with Gasteiger partial charge in [0.05, 0.1) is 0 Å². The van der Waals surface area contributed by atoms with Gasteiger partial charge in [0.2, 0.25) is 0 Å². The molecule has 0 saturated carbocycles. The minimum Gasteiger partial charge on any atom is -0.475 e. The minimum absolute atomic E-state index is 0.559. The molecule has 0 atom stereocenters. The predicted octanol–water partition coefficient (Wildman–Crippen LogP) is 2.00. The normalized spacial score (nSPS) is 9.81. The van der Waals surface area contributed by atoms with Gasteiger partial charge in [0.25, 0.3) is 0 Å². The summed E-state index contributed by atoms with van der Waals surface area (Å²) >= 11 is 0. The molecule has 0 bridgehead atoms. The molecule has 3 nitrogen and oxygen atoms in total. The lowest BCUT2D eigenvalue weighted by Gasteiger charge is -2.11. The summed E-state index contributed by atoms with van der Waals surface area (Å²) in [5, 5.41) is 3.12. The highest BCUT2D eigenvalue weighted by atomic mass is 16.5. The summed E-state index contributed by atoms with van der Waals surface area (Å²) in [5.74, 6) is 0.626. The number of nitrogens with one attached hydrogen (secondary N) is 1. The minimum atomic E-state index is 0.559. The van der Waals surface area contributed by atoms with Crippen molar-refractivity contribution in [2.45, 2.75) is 19.4 Å². The van der Waals surface area contributed by atoms with Crippen LogP contribution in [-0.4, -0.2) is 13.1 Å². The summed E-state index contributed by atoms with van der Waals surface area (Å²) in [6, 6.07) is 10.0. The first-order valence-electron chi connectivity index (χ1n) is 5.62. The van der Waals surface area contributed by atoms with Gasteiger partial charge in [-0.1, -0.05) is 30.3 Å².